The number of aliphatic imine (C=N–C) groups is 1. The van der Waals surface area contributed by atoms with Crippen molar-refractivity contribution in [3.8, 4) is 11.5 Å². The molecule has 5 nitrogen and oxygen atoms in total. The second kappa shape index (κ2) is 9.57. The lowest BCUT2D eigenvalue weighted by molar-refractivity contribution is 0.439. The van der Waals surface area contributed by atoms with E-state index >= 15 is 0 Å². The maximum atomic E-state index is 14.2. The third-order valence-corrected chi connectivity index (χ3v) is 5.40. The minimum absolute atomic E-state index is 0.00470. The molecule has 1 aromatic heterocycles. The average molecular weight is 523 g/mol. The minimum atomic E-state index is -0.677. The third kappa shape index (κ3) is 4.83. The van der Waals surface area contributed by atoms with Crippen molar-refractivity contribution in [3.05, 3.63) is 117 Å². The Balaban J connectivity index is 1.75. The van der Waals surface area contributed by atoms with Crippen LogP contribution in [0.25, 0.3) is 0 Å². The molecule has 3 aromatic carbocycles. The summed E-state index contributed by atoms with van der Waals surface area (Å²) in [5, 5.41) is 2.73. The predicted octanol–water partition coefficient (Wildman–Crippen LogP) is 7.18. The molecule has 0 saturated heterocycles. The van der Waals surface area contributed by atoms with Gasteiger partial charge in [-0.1, -0.05) is 60.7 Å². The van der Waals surface area contributed by atoms with Gasteiger partial charge in [-0.3, -0.25) is 0 Å². The summed E-state index contributed by atoms with van der Waals surface area (Å²) in [5.74, 6) is 0.162. The van der Waals surface area contributed by atoms with Gasteiger partial charge in [0.1, 0.15) is 15.0 Å². The van der Waals surface area contributed by atoms with E-state index in [9.17, 15) is 9.30 Å². The van der Waals surface area contributed by atoms with Crippen molar-refractivity contribution in [2.75, 3.05) is 0 Å². The Labute approximate surface area is 191 Å². The lowest BCUT2D eigenvalue weighted by atomic mass is 10.0. The summed E-state index contributed by atoms with van der Waals surface area (Å²) in [7, 11) is 0. The molecule has 0 spiro atoms. The van der Waals surface area contributed by atoms with Gasteiger partial charge in [-0.25, -0.2) is 14.4 Å². The molecule has 0 bridgehead atoms. The Bertz CT molecular complexity index is 1210. The summed E-state index contributed by atoms with van der Waals surface area (Å²) in [5.41, 5.74) is 2.65. The largest absolute Gasteiger partial charge is 0.453 e. The fourth-order valence-corrected chi connectivity index (χ4v) is 3.46. The zero-order valence-corrected chi connectivity index (χ0v) is 18.2. The molecule has 0 unspecified atom stereocenters. The summed E-state index contributed by atoms with van der Waals surface area (Å²) in [4.78, 5) is 19.8. The Morgan fingerprint density at radius 1 is 0.871 bits per heavy atom. The number of benzene rings is 3. The summed E-state index contributed by atoms with van der Waals surface area (Å²) < 4.78 is 20.6. The highest BCUT2D eigenvalue weighted by molar-refractivity contribution is 14.1. The van der Waals surface area contributed by atoms with E-state index in [0.717, 1.165) is 22.9 Å². The van der Waals surface area contributed by atoms with Crippen molar-refractivity contribution in [3.63, 3.8) is 0 Å². The highest BCUT2D eigenvalue weighted by Gasteiger charge is 2.14. The highest BCUT2D eigenvalue weighted by atomic mass is 127. The molecule has 0 radical (unpaired) electrons. The summed E-state index contributed by atoms with van der Waals surface area (Å²) in [6, 6.07) is 25.0. The second-order valence-corrected chi connectivity index (χ2v) is 7.53. The van der Waals surface area contributed by atoms with Crippen LogP contribution in [0.5, 0.6) is 11.5 Å². The number of hydrogen-bond donors (Lipinski definition) is 0. The smallest absolute Gasteiger partial charge is 0.169 e. The van der Waals surface area contributed by atoms with Gasteiger partial charge in [-0.2, -0.15) is 0 Å². The molecule has 7 heteroatoms. The molecule has 31 heavy (non-hydrogen) atoms. The van der Waals surface area contributed by atoms with E-state index in [4.69, 9.17) is 9.73 Å². The van der Waals surface area contributed by atoms with Gasteiger partial charge < -0.3 is 4.74 Å². The first kappa shape index (κ1) is 20.8. The minimum Gasteiger partial charge on any atom is -0.453 e. The molecule has 1 heterocycles. The molecule has 0 aliphatic heterocycles. The van der Waals surface area contributed by atoms with Crippen LogP contribution in [-0.2, 0) is 0 Å². The van der Waals surface area contributed by atoms with Crippen LogP contribution in [-0.4, -0.2) is 10.7 Å². The van der Waals surface area contributed by atoms with Crippen LogP contribution in [0.4, 0.5) is 15.9 Å². The van der Waals surface area contributed by atoms with Gasteiger partial charge in [0.25, 0.3) is 0 Å². The van der Waals surface area contributed by atoms with Crippen LogP contribution < -0.4 is 4.74 Å². The first-order chi connectivity index (χ1) is 15.2. The summed E-state index contributed by atoms with van der Waals surface area (Å²) >= 11 is 2.08. The van der Waals surface area contributed by atoms with Gasteiger partial charge in [0, 0.05) is 29.5 Å². The molecule has 0 fully saturated rings. The van der Waals surface area contributed by atoms with Crippen LogP contribution in [0.1, 0.15) is 11.1 Å². The number of nitroso groups, excluding NO2 is 1. The van der Waals surface area contributed by atoms with E-state index in [1.54, 1.807) is 12.3 Å². The van der Waals surface area contributed by atoms with Crippen LogP contribution in [0.15, 0.2) is 101 Å². The fraction of sp³-hybridized carbons (Fsp3) is 0. The van der Waals surface area contributed by atoms with Crippen molar-refractivity contribution in [2.24, 2.45) is 10.2 Å². The van der Waals surface area contributed by atoms with Crippen LogP contribution in [0, 0.1) is 14.3 Å². The topological polar surface area (TPSA) is 63.9 Å². The molecule has 0 amide bonds. The van der Waals surface area contributed by atoms with Crippen molar-refractivity contribution in [1.82, 2.24) is 4.98 Å². The predicted molar refractivity (Wildman–Crippen MR) is 127 cm³/mol. The molecule has 0 N–H and O–H groups in total. The Hall–Kier alpha value is -3.46. The molecule has 0 aliphatic carbocycles. The van der Waals surface area contributed by atoms with Gasteiger partial charge in [0.05, 0.1) is 5.71 Å². The number of ether oxygens (including phenoxy) is 1. The Morgan fingerprint density at radius 2 is 1.52 bits per heavy atom. The van der Waals surface area contributed by atoms with Gasteiger partial charge in [0.2, 0.25) is 0 Å². The SMILES string of the molecule is O=Nc1ccc(Oc2ccnc(N=C(c3ccccc3)c3ccccc3)c2I)c(F)c1. The van der Waals surface area contributed by atoms with E-state index in [1.165, 1.54) is 12.1 Å². The number of nitrogens with zero attached hydrogens (tertiary/aromatic N) is 3. The van der Waals surface area contributed by atoms with Crippen molar-refractivity contribution < 1.29 is 9.13 Å². The van der Waals surface area contributed by atoms with Crippen LogP contribution in [0.3, 0.4) is 0 Å². The van der Waals surface area contributed by atoms with E-state index in [0.29, 0.717) is 15.1 Å². The number of rotatable bonds is 6. The molecule has 0 aliphatic rings. The lowest BCUT2D eigenvalue weighted by Crippen LogP contribution is -2.03. The maximum absolute atomic E-state index is 14.2. The zero-order valence-electron chi connectivity index (χ0n) is 16.1. The van der Waals surface area contributed by atoms with Crippen molar-refractivity contribution >= 4 is 39.8 Å². The van der Waals surface area contributed by atoms with Gasteiger partial charge >= 0.3 is 0 Å². The van der Waals surface area contributed by atoms with E-state index in [-0.39, 0.29) is 11.4 Å². The fourth-order valence-electron chi connectivity index (χ4n) is 2.91. The second-order valence-electron chi connectivity index (χ2n) is 6.45. The molecule has 4 rings (SSSR count). The number of hydrogen-bond acceptors (Lipinski definition) is 5. The summed E-state index contributed by atoms with van der Waals surface area (Å²) in [6.45, 7) is 0. The molecule has 0 atom stereocenters. The average Bonchev–Trinajstić information content (AvgIpc) is 2.82. The third-order valence-electron chi connectivity index (χ3n) is 4.39. The van der Waals surface area contributed by atoms with E-state index in [1.807, 2.05) is 60.7 Å². The van der Waals surface area contributed by atoms with Gasteiger partial charge in [0.15, 0.2) is 17.4 Å². The first-order valence-corrected chi connectivity index (χ1v) is 10.4. The molecule has 4 aromatic rings. The zero-order chi connectivity index (χ0) is 21.6. The normalized spacial score (nSPS) is 10.4. The lowest BCUT2D eigenvalue weighted by Gasteiger charge is -2.11. The van der Waals surface area contributed by atoms with E-state index in [2.05, 4.69) is 32.8 Å². The van der Waals surface area contributed by atoms with Crippen LogP contribution in [0.2, 0.25) is 0 Å². The monoisotopic (exact) mass is 523 g/mol. The van der Waals surface area contributed by atoms with Crippen LogP contribution >= 0.6 is 22.6 Å². The van der Waals surface area contributed by atoms with Crippen molar-refractivity contribution in [1.29, 1.82) is 0 Å². The first-order valence-electron chi connectivity index (χ1n) is 9.30. The Kier molecular flexibility index (Phi) is 6.42. The van der Waals surface area contributed by atoms with Gasteiger partial charge in [-0.15, -0.1) is 4.91 Å². The molecular weight excluding hydrogens is 508 g/mol. The number of aromatic nitrogens is 1. The van der Waals surface area contributed by atoms with Crippen molar-refractivity contribution in [2.45, 2.75) is 0 Å². The maximum Gasteiger partial charge on any atom is 0.169 e. The Morgan fingerprint density at radius 3 is 2.10 bits per heavy atom. The quantitative estimate of drug-likeness (QED) is 0.153. The molecule has 152 valence electrons. The number of pyridine rings is 1. The van der Waals surface area contributed by atoms with Gasteiger partial charge in [-0.05, 0) is 39.9 Å². The standard InChI is InChI=1S/C24H15FIN3O2/c25-19-15-18(29-30)11-12-20(19)31-21-13-14-27-24(22(21)26)28-23(16-7-3-1-4-8-16)17-9-5-2-6-10-17/h1-15H. The summed E-state index contributed by atoms with van der Waals surface area (Å²) in [6.07, 6.45) is 1.56. The van der Waals surface area contributed by atoms with E-state index < -0.39 is 5.82 Å². The number of halogens is 2. The highest BCUT2D eigenvalue weighted by Crippen LogP contribution is 2.34. The molecule has 0 saturated carbocycles. The molecular formula is C24H15FIN3O2.